The largest absolute Gasteiger partial charge is 0.258 e. The zero-order valence-electron chi connectivity index (χ0n) is 9.92. The van der Waals surface area contributed by atoms with E-state index in [4.69, 9.17) is 11.6 Å². The average Bonchev–Trinajstić information content (AvgIpc) is 2.57. The van der Waals surface area contributed by atoms with Gasteiger partial charge in [-0.2, -0.15) is 0 Å². The lowest BCUT2D eigenvalue weighted by atomic mass is 10.0. The van der Waals surface area contributed by atoms with Crippen LogP contribution in [0.15, 0.2) is 16.9 Å². The van der Waals surface area contributed by atoms with Crippen LogP contribution in [0.1, 0.15) is 37.3 Å². The van der Waals surface area contributed by atoms with Crippen LogP contribution in [0.3, 0.4) is 0 Å². The first kappa shape index (κ1) is 13.3. The molecule has 1 atom stereocenters. The number of hydrazine groups is 1. The van der Waals surface area contributed by atoms with Crippen LogP contribution in [0.2, 0.25) is 5.02 Å². The maximum absolute atomic E-state index is 6.12. The molecule has 0 amide bonds. The Morgan fingerprint density at radius 1 is 1.47 bits per heavy atom. The van der Waals surface area contributed by atoms with Crippen molar-refractivity contribution in [2.24, 2.45) is 0 Å². The monoisotopic (exact) mass is 317 g/mol. The predicted octanol–water partition coefficient (Wildman–Crippen LogP) is 3.55. The summed E-state index contributed by atoms with van der Waals surface area (Å²) in [5.41, 5.74) is 4.47. The fourth-order valence-electron chi connectivity index (χ4n) is 2.34. The second kappa shape index (κ2) is 6.14. The number of hydrogen-bond acceptors (Lipinski definition) is 3. The van der Waals surface area contributed by atoms with Crippen molar-refractivity contribution in [1.29, 1.82) is 0 Å². The summed E-state index contributed by atoms with van der Waals surface area (Å²) in [7, 11) is 1.98. The molecule has 1 unspecified atom stereocenters. The van der Waals surface area contributed by atoms with Gasteiger partial charge in [-0.15, -0.1) is 0 Å². The van der Waals surface area contributed by atoms with Crippen LogP contribution in [-0.4, -0.2) is 23.6 Å². The van der Waals surface area contributed by atoms with E-state index >= 15 is 0 Å². The van der Waals surface area contributed by atoms with Gasteiger partial charge in [0, 0.05) is 12.7 Å². The third-order valence-corrected chi connectivity index (χ3v) is 4.39. The molecular weight excluding hydrogens is 302 g/mol. The minimum Gasteiger partial charge on any atom is -0.258 e. The highest BCUT2D eigenvalue weighted by molar-refractivity contribution is 9.10. The Balaban J connectivity index is 2.25. The van der Waals surface area contributed by atoms with Crippen molar-refractivity contribution >= 4 is 27.5 Å². The first-order chi connectivity index (χ1) is 8.22. The van der Waals surface area contributed by atoms with Gasteiger partial charge in [-0.25, -0.2) is 9.99 Å². The summed E-state index contributed by atoms with van der Waals surface area (Å²) in [6, 6.07) is 2.39. The van der Waals surface area contributed by atoms with Crippen molar-refractivity contribution in [3.63, 3.8) is 0 Å². The molecule has 17 heavy (non-hydrogen) atoms. The number of pyridine rings is 1. The summed E-state index contributed by atoms with van der Waals surface area (Å²) in [5, 5.41) is 2.97. The van der Waals surface area contributed by atoms with E-state index in [1.807, 2.05) is 19.3 Å². The van der Waals surface area contributed by atoms with Gasteiger partial charge in [0.05, 0.1) is 11.1 Å². The van der Waals surface area contributed by atoms with Gasteiger partial charge in [-0.05, 0) is 47.4 Å². The fraction of sp³-hybridized carbons (Fsp3) is 0.583. The molecular formula is C12H17BrClN3. The Morgan fingerprint density at radius 2 is 2.29 bits per heavy atom. The van der Waals surface area contributed by atoms with Gasteiger partial charge >= 0.3 is 0 Å². The normalized spacial score (nSPS) is 22.4. The van der Waals surface area contributed by atoms with Gasteiger partial charge in [0.2, 0.25) is 0 Å². The summed E-state index contributed by atoms with van der Waals surface area (Å²) in [4.78, 5) is 4.28. The van der Waals surface area contributed by atoms with E-state index in [9.17, 15) is 0 Å². The maximum Gasteiger partial charge on any atom is 0.124 e. The molecule has 1 aliphatic heterocycles. The van der Waals surface area contributed by atoms with E-state index in [0.717, 1.165) is 13.0 Å². The minimum absolute atomic E-state index is 0.376. The van der Waals surface area contributed by atoms with Crippen LogP contribution < -0.4 is 5.43 Å². The summed E-state index contributed by atoms with van der Waals surface area (Å²) >= 11 is 9.45. The molecule has 1 saturated heterocycles. The third kappa shape index (κ3) is 3.19. The average molecular weight is 319 g/mol. The molecule has 5 heteroatoms. The molecule has 0 aromatic carbocycles. The molecule has 94 valence electrons. The highest BCUT2D eigenvalue weighted by atomic mass is 79.9. The van der Waals surface area contributed by atoms with Crippen LogP contribution in [-0.2, 0) is 0 Å². The first-order valence-electron chi connectivity index (χ1n) is 5.97. The zero-order chi connectivity index (χ0) is 12.3. The fourth-order valence-corrected chi connectivity index (χ4v) is 2.73. The lowest BCUT2D eigenvalue weighted by Crippen LogP contribution is -2.38. The molecule has 0 saturated carbocycles. The van der Waals surface area contributed by atoms with Crippen molar-refractivity contribution in [2.45, 2.75) is 31.7 Å². The van der Waals surface area contributed by atoms with Gasteiger partial charge in [0.15, 0.2) is 0 Å². The molecule has 3 nitrogen and oxygen atoms in total. The van der Waals surface area contributed by atoms with Crippen LogP contribution in [0.25, 0.3) is 0 Å². The van der Waals surface area contributed by atoms with E-state index in [1.54, 1.807) is 0 Å². The Labute approximate surface area is 116 Å². The molecule has 1 fully saturated rings. The van der Waals surface area contributed by atoms with Crippen LogP contribution in [0.5, 0.6) is 0 Å². The van der Waals surface area contributed by atoms with E-state index in [0.29, 0.717) is 15.7 Å². The van der Waals surface area contributed by atoms with E-state index in [1.165, 1.54) is 24.8 Å². The molecule has 0 spiro atoms. The van der Waals surface area contributed by atoms with Gasteiger partial charge in [0.1, 0.15) is 4.60 Å². The lowest BCUT2D eigenvalue weighted by molar-refractivity contribution is 0.142. The highest BCUT2D eigenvalue weighted by Crippen LogP contribution is 2.31. The number of aromatic nitrogens is 1. The Kier molecular flexibility index (Phi) is 4.79. The smallest absolute Gasteiger partial charge is 0.124 e. The topological polar surface area (TPSA) is 28.2 Å². The molecule has 0 aliphatic carbocycles. The van der Waals surface area contributed by atoms with Crippen molar-refractivity contribution < 1.29 is 0 Å². The number of rotatable bonds is 2. The van der Waals surface area contributed by atoms with E-state index in [2.05, 4.69) is 31.3 Å². The number of hydrogen-bond donors (Lipinski definition) is 1. The second-order valence-corrected chi connectivity index (χ2v) is 5.48. The summed E-state index contributed by atoms with van der Waals surface area (Å²) in [5.74, 6) is 0. The summed E-state index contributed by atoms with van der Waals surface area (Å²) in [6.07, 6.45) is 6.87. The third-order valence-electron chi connectivity index (χ3n) is 3.24. The molecule has 2 rings (SSSR count). The van der Waals surface area contributed by atoms with E-state index < -0.39 is 0 Å². The Bertz CT molecular complexity index is 386. The van der Waals surface area contributed by atoms with Crippen molar-refractivity contribution in [1.82, 2.24) is 15.4 Å². The van der Waals surface area contributed by atoms with Gasteiger partial charge < -0.3 is 0 Å². The number of nitrogens with zero attached hydrogens (tertiary/aromatic N) is 2. The summed E-state index contributed by atoms with van der Waals surface area (Å²) in [6.45, 7) is 1.08. The molecule has 1 aliphatic rings. The molecule has 2 heterocycles. The van der Waals surface area contributed by atoms with Crippen LogP contribution in [0, 0.1) is 0 Å². The highest BCUT2D eigenvalue weighted by Gasteiger charge is 2.22. The van der Waals surface area contributed by atoms with Gasteiger partial charge in [0.25, 0.3) is 0 Å². The van der Waals surface area contributed by atoms with Crippen molar-refractivity contribution in [3.8, 4) is 0 Å². The van der Waals surface area contributed by atoms with Gasteiger partial charge in [-0.3, -0.25) is 5.43 Å². The Hall–Kier alpha value is -0.160. The second-order valence-electron chi connectivity index (χ2n) is 4.32. The van der Waals surface area contributed by atoms with Gasteiger partial charge in [-0.1, -0.05) is 24.4 Å². The molecule has 0 radical (unpaired) electrons. The van der Waals surface area contributed by atoms with Crippen LogP contribution >= 0.6 is 27.5 Å². The number of halogens is 2. The molecule has 1 aromatic rings. The number of nitrogens with one attached hydrogen (secondary N) is 1. The molecule has 1 aromatic heterocycles. The standard InChI is InChI=1S/C12H17BrClN3/c1-15-17-6-4-2-3-5-11(17)9-7-10(14)12(13)16-8-9/h7-8,11,15H,2-6H2,1H3. The first-order valence-corrected chi connectivity index (χ1v) is 7.14. The quantitative estimate of drug-likeness (QED) is 0.845. The SMILES string of the molecule is CNN1CCCCCC1c1cnc(Br)c(Cl)c1. The molecule has 1 N–H and O–H groups in total. The maximum atomic E-state index is 6.12. The molecule has 0 bridgehead atoms. The van der Waals surface area contributed by atoms with Crippen LogP contribution in [0.4, 0.5) is 0 Å². The minimum atomic E-state index is 0.376. The van der Waals surface area contributed by atoms with Crippen molar-refractivity contribution in [2.75, 3.05) is 13.6 Å². The lowest BCUT2D eigenvalue weighted by Gasteiger charge is -2.29. The van der Waals surface area contributed by atoms with Crippen molar-refractivity contribution in [3.05, 3.63) is 27.5 Å². The Morgan fingerprint density at radius 3 is 3.00 bits per heavy atom. The van der Waals surface area contributed by atoms with E-state index in [-0.39, 0.29) is 0 Å². The predicted molar refractivity (Wildman–Crippen MR) is 73.9 cm³/mol. The summed E-state index contributed by atoms with van der Waals surface area (Å²) < 4.78 is 0.715. The zero-order valence-corrected chi connectivity index (χ0v) is 12.3.